The fourth-order valence-electron chi connectivity index (χ4n) is 2.14. The molecule has 1 saturated carbocycles. The molecule has 1 aromatic heterocycles. The zero-order valence-corrected chi connectivity index (χ0v) is 13.2. The molecule has 0 unspecified atom stereocenters. The smallest absolute Gasteiger partial charge is 0.336 e. The van der Waals surface area contributed by atoms with E-state index in [-0.39, 0.29) is 17.8 Å². The second kappa shape index (κ2) is 5.91. The highest BCUT2D eigenvalue weighted by molar-refractivity contribution is 5.86. The van der Waals surface area contributed by atoms with Crippen LogP contribution in [0.1, 0.15) is 37.0 Å². The molecule has 5 heteroatoms. The highest BCUT2D eigenvalue weighted by atomic mass is 16.5. The quantitative estimate of drug-likeness (QED) is 0.849. The van der Waals surface area contributed by atoms with E-state index in [4.69, 9.17) is 4.74 Å². The molecule has 0 saturated heterocycles. The Morgan fingerprint density at radius 3 is 2.59 bits per heavy atom. The zero-order chi connectivity index (χ0) is 15.7. The third-order valence-corrected chi connectivity index (χ3v) is 3.58. The minimum atomic E-state index is 0.0162. The normalized spacial score (nSPS) is 14.4. The van der Waals surface area contributed by atoms with E-state index in [0.717, 1.165) is 18.4 Å². The summed E-state index contributed by atoms with van der Waals surface area (Å²) in [5, 5.41) is 4.28. The Morgan fingerprint density at radius 1 is 1.32 bits per heavy atom. The standard InChI is InChI=1S/C17H21N3O2/c1-11(2)10-22-17-18-15(13-6-4-12(3)5-7-13)20(19-17)16(21)14-8-9-14/h4-7,11,14H,8-10H2,1-3H3. The molecule has 0 bridgehead atoms. The van der Waals surface area contributed by atoms with Crippen LogP contribution in [-0.2, 0) is 0 Å². The number of nitrogens with zero attached hydrogens (tertiary/aromatic N) is 3. The van der Waals surface area contributed by atoms with Crippen molar-refractivity contribution in [3.8, 4) is 17.4 Å². The Hall–Kier alpha value is -2.17. The molecular weight excluding hydrogens is 278 g/mol. The van der Waals surface area contributed by atoms with Crippen LogP contribution >= 0.6 is 0 Å². The first kappa shape index (κ1) is 14.8. The fraction of sp³-hybridized carbons (Fsp3) is 0.471. The van der Waals surface area contributed by atoms with E-state index in [0.29, 0.717) is 18.3 Å². The van der Waals surface area contributed by atoms with Crippen LogP contribution in [0.5, 0.6) is 6.01 Å². The Balaban J connectivity index is 1.94. The molecule has 1 heterocycles. The van der Waals surface area contributed by atoms with Gasteiger partial charge in [-0.3, -0.25) is 4.79 Å². The molecule has 0 aliphatic heterocycles. The molecular formula is C17H21N3O2. The lowest BCUT2D eigenvalue weighted by Crippen LogP contribution is -2.16. The zero-order valence-electron chi connectivity index (χ0n) is 13.2. The molecule has 1 aliphatic rings. The molecule has 2 aromatic rings. The summed E-state index contributed by atoms with van der Waals surface area (Å²) in [6.07, 6.45) is 1.88. The molecule has 0 radical (unpaired) electrons. The van der Waals surface area contributed by atoms with Gasteiger partial charge in [-0.1, -0.05) is 43.7 Å². The molecule has 0 amide bonds. The van der Waals surface area contributed by atoms with Crippen LogP contribution in [0.15, 0.2) is 24.3 Å². The Bertz CT molecular complexity index is 670. The summed E-state index contributed by atoms with van der Waals surface area (Å²) in [7, 11) is 0. The SMILES string of the molecule is Cc1ccc(-c2nc(OCC(C)C)nn2C(=O)C2CC2)cc1. The van der Waals surface area contributed by atoms with Crippen LogP contribution < -0.4 is 4.74 Å². The van der Waals surface area contributed by atoms with Gasteiger partial charge < -0.3 is 4.74 Å². The van der Waals surface area contributed by atoms with Gasteiger partial charge in [0.25, 0.3) is 5.91 Å². The molecule has 5 nitrogen and oxygen atoms in total. The summed E-state index contributed by atoms with van der Waals surface area (Å²) in [6, 6.07) is 8.21. The molecule has 1 fully saturated rings. The average molecular weight is 299 g/mol. The van der Waals surface area contributed by atoms with Crippen molar-refractivity contribution >= 4 is 5.91 Å². The van der Waals surface area contributed by atoms with Gasteiger partial charge in [0.1, 0.15) is 0 Å². The van der Waals surface area contributed by atoms with Crippen LogP contribution in [-0.4, -0.2) is 27.3 Å². The molecule has 22 heavy (non-hydrogen) atoms. The summed E-state index contributed by atoms with van der Waals surface area (Å²) in [6.45, 7) is 6.69. The first-order chi connectivity index (χ1) is 10.5. The van der Waals surface area contributed by atoms with E-state index in [1.54, 1.807) is 0 Å². The maximum atomic E-state index is 12.4. The fourth-order valence-corrected chi connectivity index (χ4v) is 2.14. The third kappa shape index (κ3) is 3.18. The minimum Gasteiger partial charge on any atom is -0.462 e. The molecule has 0 atom stereocenters. The number of ether oxygens (including phenoxy) is 1. The Morgan fingerprint density at radius 2 is 2.00 bits per heavy atom. The van der Waals surface area contributed by atoms with Crippen molar-refractivity contribution in [2.45, 2.75) is 33.6 Å². The molecule has 0 N–H and O–H groups in total. The lowest BCUT2D eigenvalue weighted by atomic mass is 10.1. The topological polar surface area (TPSA) is 57.0 Å². The number of carbonyl (C=O) groups excluding carboxylic acids is 1. The van der Waals surface area contributed by atoms with Crippen molar-refractivity contribution in [2.24, 2.45) is 11.8 Å². The molecule has 1 aromatic carbocycles. The summed E-state index contributed by atoms with van der Waals surface area (Å²) in [5.74, 6) is 1.05. The lowest BCUT2D eigenvalue weighted by molar-refractivity contribution is 0.0869. The van der Waals surface area contributed by atoms with Gasteiger partial charge in [-0.2, -0.15) is 9.67 Å². The van der Waals surface area contributed by atoms with Crippen LogP contribution in [0, 0.1) is 18.8 Å². The number of hydrogen-bond acceptors (Lipinski definition) is 4. The van der Waals surface area contributed by atoms with Crippen molar-refractivity contribution in [2.75, 3.05) is 6.61 Å². The van der Waals surface area contributed by atoms with Crippen molar-refractivity contribution in [1.82, 2.24) is 14.8 Å². The monoisotopic (exact) mass is 299 g/mol. The lowest BCUT2D eigenvalue weighted by Gasteiger charge is -2.03. The summed E-state index contributed by atoms with van der Waals surface area (Å²) >= 11 is 0. The average Bonchev–Trinajstić information content (AvgIpc) is 3.25. The van der Waals surface area contributed by atoms with Crippen molar-refractivity contribution in [3.05, 3.63) is 29.8 Å². The van der Waals surface area contributed by atoms with Crippen LogP contribution in [0.4, 0.5) is 0 Å². The van der Waals surface area contributed by atoms with Crippen LogP contribution in [0.2, 0.25) is 0 Å². The van der Waals surface area contributed by atoms with Crippen LogP contribution in [0.3, 0.4) is 0 Å². The van der Waals surface area contributed by atoms with Gasteiger partial charge in [0.05, 0.1) is 6.61 Å². The Labute approximate surface area is 130 Å². The van der Waals surface area contributed by atoms with Gasteiger partial charge >= 0.3 is 6.01 Å². The molecule has 0 spiro atoms. The van der Waals surface area contributed by atoms with E-state index in [1.165, 1.54) is 10.2 Å². The number of hydrogen-bond donors (Lipinski definition) is 0. The van der Waals surface area contributed by atoms with Gasteiger partial charge in [0, 0.05) is 11.5 Å². The van der Waals surface area contributed by atoms with Crippen molar-refractivity contribution in [1.29, 1.82) is 0 Å². The highest BCUT2D eigenvalue weighted by Crippen LogP contribution is 2.32. The van der Waals surface area contributed by atoms with Gasteiger partial charge in [0.15, 0.2) is 5.82 Å². The van der Waals surface area contributed by atoms with Gasteiger partial charge in [0.2, 0.25) is 0 Å². The van der Waals surface area contributed by atoms with Crippen molar-refractivity contribution < 1.29 is 9.53 Å². The first-order valence-electron chi connectivity index (χ1n) is 7.75. The summed E-state index contributed by atoms with van der Waals surface area (Å²) < 4.78 is 7.00. The second-order valence-corrected chi connectivity index (χ2v) is 6.31. The maximum Gasteiger partial charge on any atom is 0.336 e. The van der Waals surface area contributed by atoms with E-state index < -0.39 is 0 Å². The second-order valence-electron chi connectivity index (χ2n) is 6.31. The highest BCUT2D eigenvalue weighted by Gasteiger charge is 2.33. The predicted molar refractivity (Wildman–Crippen MR) is 83.9 cm³/mol. The minimum absolute atomic E-state index is 0.0162. The van der Waals surface area contributed by atoms with E-state index >= 15 is 0 Å². The molecule has 1 aliphatic carbocycles. The number of aryl methyl sites for hydroxylation is 1. The van der Waals surface area contributed by atoms with Crippen LogP contribution in [0.25, 0.3) is 11.4 Å². The van der Waals surface area contributed by atoms with E-state index in [1.807, 2.05) is 31.2 Å². The van der Waals surface area contributed by atoms with Gasteiger partial charge in [-0.05, 0) is 25.7 Å². The number of benzene rings is 1. The maximum absolute atomic E-state index is 12.4. The Kier molecular flexibility index (Phi) is 3.96. The third-order valence-electron chi connectivity index (χ3n) is 3.58. The predicted octanol–water partition coefficient (Wildman–Crippen LogP) is 3.34. The van der Waals surface area contributed by atoms with E-state index in [9.17, 15) is 4.79 Å². The molecule has 116 valence electrons. The number of aromatic nitrogens is 3. The van der Waals surface area contributed by atoms with Gasteiger partial charge in [-0.15, -0.1) is 5.10 Å². The van der Waals surface area contributed by atoms with Crippen molar-refractivity contribution in [3.63, 3.8) is 0 Å². The summed E-state index contributed by atoms with van der Waals surface area (Å²) in [4.78, 5) is 16.8. The molecule has 3 rings (SSSR count). The largest absolute Gasteiger partial charge is 0.462 e. The van der Waals surface area contributed by atoms with Gasteiger partial charge in [-0.25, -0.2) is 0 Å². The first-order valence-corrected chi connectivity index (χ1v) is 7.75. The number of rotatable bonds is 5. The summed E-state index contributed by atoms with van der Waals surface area (Å²) in [5.41, 5.74) is 2.05. The number of carbonyl (C=O) groups is 1. The van der Waals surface area contributed by atoms with E-state index in [2.05, 4.69) is 23.9 Å².